The van der Waals surface area contributed by atoms with Gasteiger partial charge >= 0.3 is 23.1 Å². The molecule has 25 heteroatoms. The van der Waals surface area contributed by atoms with E-state index in [-0.39, 0.29) is 23.1 Å². The van der Waals surface area contributed by atoms with E-state index in [1.54, 1.807) is 0 Å². The maximum atomic E-state index is 10.6. The van der Waals surface area contributed by atoms with Gasteiger partial charge in [-0.25, -0.2) is 0 Å². The zero-order chi connectivity index (χ0) is 37.2. The van der Waals surface area contributed by atoms with Crippen LogP contribution in [0.3, 0.4) is 0 Å². The molecule has 0 bridgehead atoms. The summed E-state index contributed by atoms with van der Waals surface area (Å²) in [5.74, 6) is -4.18. The quantitative estimate of drug-likeness (QED) is 0.0653. The van der Waals surface area contributed by atoms with E-state index in [1.807, 2.05) is 0 Å². The molecular weight excluding hydrogens is 697 g/mol. The molecular formula is C24H42MgO24. The van der Waals surface area contributed by atoms with Crippen LogP contribution >= 0.6 is 0 Å². The van der Waals surface area contributed by atoms with Crippen molar-refractivity contribution < 1.29 is 120 Å². The predicted molar refractivity (Wildman–Crippen MR) is 143 cm³/mol. The second-order valence-electron chi connectivity index (χ2n) is 10.6. The Kier molecular flexibility index (Phi) is 21.6. The van der Waals surface area contributed by atoms with Crippen LogP contribution in [0.2, 0.25) is 0 Å². The summed E-state index contributed by atoms with van der Waals surface area (Å²) in [4.78, 5) is 21.2. The minimum absolute atomic E-state index is 0. The molecule has 2 heterocycles. The third kappa shape index (κ3) is 12.5. The van der Waals surface area contributed by atoms with Crippen LogP contribution in [0.5, 0.6) is 0 Å². The second-order valence-corrected chi connectivity index (χ2v) is 10.6. The zero-order valence-electron chi connectivity index (χ0n) is 25.3. The summed E-state index contributed by atoms with van der Waals surface area (Å²) in [6, 6.07) is 0. The smallest absolute Gasteiger partial charge is 0.547 e. The van der Waals surface area contributed by atoms with E-state index >= 15 is 0 Å². The molecule has 10 unspecified atom stereocenters. The van der Waals surface area contributed by atoms with E-state index in [1.165, 1.54) is 0 Å². The Balaban J connectivity index is 0.000000922. The van der Waals surface area contributed by atoms with Gasteiger partial charge in [-0.05, 0) is 0 Å². The number of aliphatic carboxylic acids is 2. The molecule has 0 aliphatic carbocycles. The van der Waals surface area contributed by atoms with E-state index in [2.05, 4.69) is 0 Å². The summed E-state index contributed by atoms with van der Waals surface area (Å²) in [5, 5.41) is 173. The number of ether oxygens (including phenoxy) is 4. The van der Waals surface area contributed by atoms with Crippen LogP contribution in [0.15, 0.2) is 0 Å². The standard InChI is InChI=1S/2C12H22O12.Mg/c2*13-1-3(15)10(7(18)8(19)11(21)22)24-12-9(20)6(17)5(16)4(2-14)23-12;/h2*3-10,12-20H,1-2H2,(H,21,22);/q;;+2/p-2/t2*3?,4-,5+,6?,7?,8?,9-,10?,12+;/m11./s1. The van der Waals surface area contributed by atoms with Crippen LogP contribution in [-0.2, 0) is 28.5 Å². The summed E-state index contributed by atoms with van der Waals surface area (Å²) < 4.78 is 19.9. The Morgan fingerprint density at radius 2 is 0.837 bits per heavy atom. The fraction of sp³-hybridized carbons (Fsp3) is 0.917. The second kappa shape index (κ2) is 22.1. The first-order valence-electron chi connectivity index (χ1n) is 13.9. The van der Waals surface area contributed by atoms with E-state index in [0.29, 0.717) is 0 Å². The molecule has 0 saturated carbocycles. The largest absolute Gasteiger partial charge is 2.00 e. The topological polar surface area (TPSA) is 441 Å². The van der Waals surface area contributed by atoms with Crippen LogP contribution in [-0.4, -0.2) is 253 Å². The van der Waals surface area contributed by atoms with Gasteiger partial charge in [-0.1, -0.05) is 0 Å². The van der Waals surface area contributed by atoms with Crippen LogP contribution in [0.25, 0.3) is 0 Å². The Hall–Kier alpha value is -1.09. The molecule has 2 fully saturated rings. The van der Waals surface area contributed by atoms with E-state index < -0.39 is 149 Å². The van der Waals surface area contributed by atoms with Gasteiger partial charge in [0.1, 0.15) is 97.7 Å². The number of carboxylic acid groups (broad SMARTS) is 2. The van der Waals surface area contributed by atoms with Gasteiger partial charge in [0.05, 0.1) is 38.4 Å². The number of rotatable bonds is 16. The van der Waals surface area contributed by atoms with Gasteiger partial charge in [0.25, 0.3) is 0 Å². The molecule has 49 heavy (non-hydrogen) atoms. The molecule has 18 atom stereocenters. The van der Waals surface area contributed by atoms with Gasteiger partial charge in [-0.15, -0.1) is 0 Å². The number of hydrogen-bond acceptors (Lipinski definition) is 24. The van der Waals surface area contributed by atoms with Crippen molar-refractivity contribution in [2.45, 2.75) is 110 Å². The van der Waals surface area contributed by atoms with E-state index in [0.717, 1.165) is 0 Å². The van der Waals surface area contributed by atoms with Crippen molar-refractivity contribution in [1.82, 2.24) is 0 Å². The van der Waals surface area contributed by atoms with E-state index in [9.17, 15) is 81.1 Å². The first kappa shape index (κ1) is 47.9. The van der Waals surface area contributed by atoms with Crippen LogP contribution in [0.4, 0.5) is 0 Å². The van der Waals surface area contributed by atoms with Gasteiger partial charge in [0, 0.05) is 0 Å². The number of carbonyl (C=O) groups is 2. The van der Waals surface area contributed by atoms with Crippen molar-refractivity contribution >= 4 is 35.0 Å². The summed E-state index contributed by atoms with van der Waals surface area (Å²) >= 11 is 0. The average molecular weight is 739 g/mol. The summed E-state index contributed by atoms with van der Waals surface area (Å²) in [6.07, 6.45) is -34.5. The van der Waals surface area contributed by atoms with Crippen molar-refractivity contribution in [3.8, 4) is 0 Å². The van der Waals surface area contributed by atoms with Gasteiger partial charge < -0.3 is 120 Å². The maximum Gasteiger partial charge on any atom is 2.00 e. The SMILES string of the molecule is O=C([O-])C(O)C(O)C(O[C@@H]1O[C@H](CO)[C@H](O)C(O)[C@H]1O)C(O)CO.O=C([O-])C(O)C(O)C(O[C@@H]1O[C@H](CO)[C@H](O)C(O)[C@H]1O)C(O)CO.[Mg+2]. The fourth-order valence-electron chi connectivity index (χ4n) is 4.31. The molecule has 0 spiro atoms. The third-order valence-corrected chi connectivity index (χ3v) is 7.22. The average Bonchev–Trinajstić information content (AvgIpc) is 3.07. The maximum absolute atomic E-state index is 10.6. The van der Waals surface area contributed by atoms with Gasteiger partial charge in [-0.3, -0.25) is 0 Å². The summed E-state index contributed by atoms with van der Waals surface area (Å²) in [5.41, 5.74) is 0. The van der Waals surface area contributed by atoms with Crippen molar-refractivity contribution in [3.05, 3.63) is 0 Å². The number of aliphatic hydroxyl groups is 16. The molecule has 16 N–H and O–H groups in total. The number of carbonyl (C=O) groups excluding carboxylic acids is 2. The molecule has 0 amide bonds. The van der Waals surface area contributed by atoms with Crippen molar-refractivity contribution in [2.24, 2.45) is 0 Å². The minimum atomic E-state index is -2.50. The normalized spacial score (nSPS) is 35.2. The number of hydrogen-bond donors (Lipinski definition) is 16. The Bertz CT molecular complexity index is 888. The Morgan fingerprint density at radius 1 is 0.551 bits per heavy atom. The van der Waals surface area contributed by atoms with Crippen molar-refractivity contribution in [2.75, 3.05) is 26.4 Å². The zero-order valence-corrected chi connectivity index (χ0v) is 26.8. The molecule has 0 radical (unpaired) electrons. The van der Waals surface area contributed by atoms with Crippen molar-refractivity contribution in [1.29, 1.82) is 0 Å². The molecule has 2 saturated heterocycles. The van der Waals surface area contributed by atoms with E-state index in [4.69, 9.17) is 39.4 Å². The molecule has 0 aromatic carbocycles. The molecule has 2 aliphatic heterocycles. The summed E-state index contributed by atoms with van der Waals surface area (Å²) in [7, 11) is 0. The molecule has 24 nitrogen and oxygen atoms in total. The van der Waals surface area contributed by atoms with Crippen LogP contribution in [0, 0.1) is 0 Å². The first-order chi connectivity index (χ1) is 22.3. The van der Waals surface area contributed by atoms with Gasteiger partial charge in [-0.2, -0.15) is 0 Å². The van der Waals surface area contributed by atoms with Gasteiger partial charge in [0.2, 0.25) is 0 Å². The molecule has 2 aliphatic rings. The summed E-state index contributed by atoms with van der Waals surface area (Å²) in [6.45, 7) is -3.58. The Morgan fingerprint density at radius 3 is 1.06 bits per heavy atom. The van der Waals surface area contributed by atoms with Crippen molar-refractivity contribution in [3.63, 3.8) is 0 Å². The molecule has 2 rings (SSSR count). The molecule has 0 aromatic heterocycles. The van der Waals surface area contributed by atoms with Crippen LogP contribution in [0.1, 0.15) is 0 Å². The molecule has 284 valence electrons. The third-order valence-electron chi connectivity index (χ3n) is 7.22. The first-order valence-corrected chi connectivity index (χ1v) is 13.9. The predicted octanol–water partition coefficient (Wildman–Crippen LogP) is -14.4. The fourth-order valence-corrected chi connectivity index (χ4v) is 4.31. The minimum Gasteiger partial charge on any atom is -0.547 e. The number of aliphatic hydroxyl groups excluding tert-OH is 16. The van der Waals surface area contributed by atoms with Gasteiger partial charge in [0.15, 0.2) is 12.6 Å². The monoisotopic (exact) mass is 738 g/mol. The number of carboxylic acids is 2. The van der Waals surface area contributed by atoms with Crippen LogP contribution < -0.4 is 10.2 Å². The Labute approximate surface area is 291 Å². The molecule has 0 aromatic rings.